The van der Waals surface area contributed by atoms with Crippen LogP contribution in [0.25, 0.3) is 0 Å². The normalized spacial score (nSPS) is 40.2. The summed E-state index contributed by atoms with van der Waals surface area (Å²) < 4.78 is 8.00. The lowest BCUT2D eigenvalue weighted by atomic mass is 9.81. The lowest BCUT2D eigenvalue weighted by Gasteiger charge is -2.40. The quantitative estimate of drug-likeness (QED) is 0.591. The fraction of sp³-hybridized carbons (Fsp3) is 0.909. The van der Waals surface area contributed by atoms with Gasteiger partial charge in [-0.05, 0) is 62.9 Å². The third kappa shape index (κ3) is 3.22. The van der Waals surface area contributed by atoms with Crippen LogP contribution in [0.5, 0.6) is 0 Å². The molecule has 4 aliphatic rings. The van der Waals surface area contributed by atoms with E-state index < -0.39 is 0 Å². The predicted molar refractivity (Wildman–Crippen MR) is 98.3 cm³/mol. The first-order chi connectivity index (χ1) is 11.7. The Balaban J connectivity index is 1.53. The molecule has 4 rings (SSSR count). The summed E-state index contributed by atoms with van der Waals surface area (Å²) in [4.78, 5) is 2.95. The molecule has 1 nitrogen and oxygen atoms in total. The molecule has 0 radical (unpaired) electrons. The minimum atomic E-state index is 0.234. The van der Waals surface area contributed by atoms with Crippen molar-refractivity contribution in [3.63, 3.8) is 0 Å². The van der Waals surface area contributed by atoms with Crippen LogP contribution < -0.4 is 0 Å². The molecule has 1 aliphatic heterocycles. The van der Waals surface area contributed by atoms with E-state index in [2.05, 4.69) is 11.8 Å². The van der Waals surface area contributed by atoms with E-state index in [0.29, 0.717) is 0 Å². The minimum Gasteiger partial charge on any atom is -0.371 e. The molecule has 2 atom stereocenters. The van der Waals surface area contributed by atoms with Crippen molar-refractivity contribution in [2.45, 2.75) is 103 Å². The SMILES string of the molecule is [2H]C1CCC(CN2C(C3CCCCC3)=C(C)C3CCCCC32)CC1. The van der Waals surface area contributed by atoms with E-state index in [1.165, 1.54) is 77.2 Å². The van der Waals surface area contributed by atoms with Crippen molar-refractivity contribution in [1.29, 1.82) is 0 Å². The minimum absolute atomic E-state index is 0.234. The van der Waals surface area contributed by atoms with E-state index in [1.54, 1.807) is 5.57 Å². The van der Waals surface area contributed by atoms with Gasteiger partial charge < -0.3 is 4.90 Å². The number of hydrogen-bond donors (Lipinski definition) is 0. The van der Waals surface area contributed by atoms with E-state index in [1.807, 2.05) is 5.70 Å². The molecule has 3 aliphatic carbocycles. The second-order valence-electron chi connectivity index (χ2n) is 8.82. The largest absolute Gasteiger partial charge is 0.371 e. The van der Waals surface area contributed by atoms with Gasteiger partial charge in [-0.3, -0.25) is 0 Å². The molecule has 0 aromatic heterocycles. The molecule has 3 saturated carbocycles. The third-order valence-corrected chi connectivity index (χ3v) is 7.40. The van der Waals surface area contributed by atoms with Crippen LogP contribution in [0.4, 0.5) is 0 Å². The number of rotatable bonds is 3. The van der Waals surface area contributed by atoms with E-state index in [0.717, 1.165) is 36.6 Å². The summed E-state index contributed by atoms with van der Waals surface area (Å²) in [5.41, 5.74) is 3.61. The van der Waals surface area contributed by atoms with Gasteiger partial charge in [0.2, 0.25) is 0 Å². The van der Waals surface area contributed by atoms with Crippen molar-refractivity contribution in [2.75, 3.05) is 6.54 Å². The van der Waals surface area contributed by atoms with Gasteiger partial charge in [0.15, 0.2) is 0 Å². The monoisotopic (exact) mass is 316 g/mol. The van der Waals surface area contributed by atoms with Crippen LogP contribution in [-0.4, -0.2) is 17.5 Å². The van der Waals surface area contributed by atoms with E-state index in [4.69, 9.17) is 1.37 Å². The fourth-order valence-electron chi connectivity index (χ4n) is 6.21. The van der Waals surface area contributed by atoms with Crippen LogP contribution in [0.2, 0.25) is 0 Å². The summed E-state index contributed by atoms with van der Waals surface area (Å²) in [6, 6.07) is 0.837. The Labute approximate surface area is 145 Å². The molecule has 130 valence electrons. The third-order valence-electron chi connectivity index (χ3n) is 7.40. The molecule has 0 aromatic carbocycles. The zero-order valence-electron chi connectivity index (χ0n) is 16.2. The van der Waals surface area contributed by atoms with Crippen LogP contribution in [0.3, 0.4) is 0 Å². The van der Waals surface area contributed by atoms with Crippen LogP contribution in [0.15, 0.2) is 11.3 Å². The fourth-order valence-corrected chi connectivity index (χ4v) is 6.21. The molecule has 0 N–H and O–H groups in total. The zero-order valence-corrected chi connectivity index (χ0v) is 15.2. The number of fused-ring (bicyclic) bond motifs is 1. The van der Waals surface area contributed by atoms with Crippen LogP contribution >= 0.6 is 0 Å². The lowest BCUT2D eigenvalue weighted by molar-refractivity contribution is 0.137. The highest BCUT2D eigenvalue weighted by atomic mass is 15.2. The molecular formula is C22H37N. The summed E-state index contributed by atoms with van der Waals surface area (Å²) in [6.07, 6.45) is 18.2. The topological polar surface area (TPSA) is 3.24 Å². The van der Waals surface area contributed by atoms with Gasteiger partial charge in [0.1, 0.15) is 0 Å². The predicted octanol–water partition coefficient (Wildman–Crippen LogP) is 6.30. The number of hydrogen-bond acceptors (Lipinski definition) is 1. The highest BCUT2D eigenvalue weighted by Gasteiger charge is 2.42. The van der Waals surface area contributed by atoms with Crippen molar-refractivity contribution in [3.8, 4) is 0 Å². The molecule has 1 heteroatoms. The second-order valence-corrected chi connectivity index (χ2v) is 8.82. The Bertz CT molecular complexity index is 457. The highest BCUT2D eigenvalue weighted by Crippen LogP contribution is 2.48. The van der Waals surface area contributed by atoms with Crippen LogP contribution in [-0.2, 0) is 0 Å². The van der Waals surface area contributed by atoms with Gasteiger partial charge in [-0.1, -0.05) is 51.3 Å². The van der Waals surface area contributed by atoms with Gasteiger partial charge in [-0.25, -0.2) is 0 Å². The highest BCUT2D eigenvalue weighted by molar-refractivity contribution is 5.27. The Morgan fingerprint density at radius 2 is 1.57 bits per heavy atom. The molecule has 0 bridgehead atoms. The molecule has 0 amide bonds. The first-order valence-corrected chi connectivity index (χ1v) is 10.6. The van der Waals surface area contributed by atoms with Crippen molar-refractivity contribution in [2.24, 2.45) is 17.8 Å². The summed E-state index contributed by atoms with van der Waals surface area (Å²) in [5, 5.41) is 0. The average Bonchev–Trinajstić information content (AvgIpc) is 2.90. The molecule has 0 saturated heterocycles. The van der Waals surface area contributed by atoms with Crippen molar-refractivity contribution in [3.05, 3.63) is 11.3 Å². The van der Waals surface area contributed by atoms with Crippen molar-refractivity contribution >= 4 is 0 Å². The maximum Gasteiger partial charge on any atom is 0.0353 e. The standard InChI is InChI=1S/C22H37N/c1-17-20-14-8-9-15-21(20)23(16-18-10-4-2-5-11-18)22(17)19-12-6-3-7-13-19/h18-21H,2-16H2,1H3/i2D. The molecular weight excluding hydrogens is 278 g/mol. The summed E-state index contributed by atoms with van der Waals surface area (Å²) in [5.74, 6) is 2.61. The summed E-state index contributed by atoms with van der Waals surface area (Å²) in [7, 11) is 0. The van der Waals surface area contributed by atoms with Crippen LogP contribution in [0.1, 0.15) is 98.2 Å². The first-order valence-electron chi connectivity index (χ1n) is 11.2. The maximum atomic E-state index is 8.00. The molecule has 0 aromatic rings. The summed E-state index contributed by atoms with van der Waals surface area (Å²) in [6.45, 7) is 3.81. The van der Waals surface area contributed by atoms with E-state index >= 15 is 0 Å². The Morgan fingerprint density at radius 1 is 0.870 bits per heavy atom. The average molecular weight is 317 g/mol. The smallest absolute Gasteiger partial charge is 0.0353 e. The van der Waals surface area contributed by atoms with Gasteiger partial charge in [0, 0.05) is 25.6 Å². The Morgan fingerprint density at radius 3 is 2.35 bits per heavy atom. The Kier molecular flexibility index (Phi) is 4.64. The van der Waals surface area contributed by atoms with Gasteiger partial charge in [-0.15, -0.1) is 0 Å². The maximum absolute atomic E-state index is 8.00. The van der Waals surface area contributed by atoms with Gasteiger partial charge in [0.25, 0.3) is 0 Å². The summed E-state index contributed by atoms with van der Waals surface area (Å²) >= 11 is 0. The molecule has 3 fully saturated rings. The molecule has 2 unspecified atom stereocenters. The second kappa shape index (κ2) is 7.19. The van der Waals surface area contributed by atoms with Gasteiger partial charge in [-0.2, -0.15) is 0 Å². The molecule has 1 heterocycles. The molecule has 23 heavy (non-hydrogen) atoms. The zero-order chi connectivity index (χ0) is 16.5. The first kappa shape index (κ1) is 14.8. The molecule has 0 spiro atoms. The van der Waals surface area contributed by atoms with Crippen molar-refractivity contribution < 1.29 is 1.37 Å². The number of nitrogens with zero attached hydrogens (tertiary/aromatic N) is 1. The van der Waals surface area contributed by atoms with E-state index in [9.17, 15) is 0 Å². The van der Waals surface area contributed by atoms with E-state index in [-0.39, 0.29) is 6.40 Å². The Hall–Kier alpha value is -0.460. The van der Waals surface area contributed by atoms with Crippen LogP contribution in [0, 0.1) is 17.8 Å². The van der Waals surface area contributed by atoms with Gasteiger partial charge in [0.05, 0.1) is 0 Å². The number of allylic oxidation sites excluding steroid dienone is 1. The van der Waals surface area contributed by atoms with Gasteiger partial charge >= 0.3 is 0 Å². The van der Waals surface area contributed by atoms with Crippen molar-refractivity contribution in [1.82, 2.24) is 4.90 Å². The lowest BCUT2D eigenvalue weighted by Crippen LogP contribution is -2.40.